The summed E-state index contributed by atoms with van der Waals surface area (Å²) in [6.07, 6.45) is 3.99. The predicted octanol–water partition coefficient (Wildman–Crippen LogP) is -1.00. The Bertz CT molecular complexity index is 1100. The van der Waals surface area contributed by atoms with E-state index >= 15 is 0 Å². The highest BCUT2D eigenvalue weighted by Gasteiger charge is 2.32. The summed E-state index contributed by atoms with van der Waals surface area (Å²) in [5.74, 6) is -5.02. The number of unbranched alkanes of at least 4 members (excludes halogenated alkanes) is 10. The van der Waals surface area contributed by atoms with E-state index in [1.54, 1.807) is 0 Å². The summed E-state index contributed by atoms with van der Waals surface area (Å²) >= 11 is 0. The molecule has 0 rings (SSSR count). The molecule has 5 amide bonds. The summed E-state index contributed by atoms with van der Waals surface area (Å²) in [6, 6.07) is -4.25. The second kappa shape index (κ2) is 29.9. The summed E-state index contributed by atoms with van der Waals surface area (Å²) in [5, 5.41) is 58.3. The zero-order valence-corrected chi connectivity index (χ0v) is 32.3. The van der Waals surface area contributed by atoms with Gasteiger partial charge >= 0.3 is 5.97 Å². The van der Waals surface area contributed by atoms with Crippen molar-refractivity contribution in [3.63, 3.8) is 0 Å². The van der Waals surface area contributed by atoms with E-state index in [-0.39, 0.29) is 32.2 Å². The second-order valence-electron chi connectivity index (χ2n) is 13.9. The molecule has 0 fully saturated rings. The SMILES string of the molecule is CCCCCCCCCCCCCC(CC(=O)NC(C(C)O)C(O)O)OC(=O)C(CCCN)NC(=O)C(NC(=O)CNC(=O)CC(O)CC(N)=O)C(C)O. The van der Waals surface area contributed by atoms with Crippen LogP contribution in [0.1, 0.15) is 130 Å². The topological polar surface area (TPSA) is 313 Å². The van der Waals surface area contributed by atoms with Crippen LogP contribution in [0.15, 0.2) is 0 Å². The fraction of sp³-hybridized carbons (Fsp3) is 0.833. The molecule has 54 heavy (non-hydrogen) atoms. The molecule has 0 saturated heterocycles. The smallest absolute Gasteiger partial charge is 0.328 e. The Morgan fingerprint density at radius 1 is 0.648 bits per heavy atom. The van der Waals surface area contributed by atoms with E-state index in [1.807, 2.05) is 0 Å². The van der Waals surface area contributed by atoms with Crippen molar-refractivity contribution < 1.29 is 59.0 Å². The molecule has 18 heteroatoms. The van der Waals surface area contributed by atoms with Crippen molar-refractivity contribution in [1.29, 1.82) is 0 Å². The Hall–Kier alpha value is -3.42. The Balaban J connectivity index is 5.54. The minimum absolute atomic E-state index is 0.0173. The molecule has 0 radical (unpaired) electrons. The predicted molar refractivity (Wildman–Crippen MR) is 199 cm³/mol. The van der Waals surface area contributed by atoms with Crippen molar-refractivity contribution in [1.82, 2.24) is 21.3 Å². The molecule has 314 valence electrons. The molecule has 0 heterocycles. The number of hydrogen-bond acceptors (Lipinski definition) is 13. The van der Waals surface area contributed by atoms with Crippen LogP contribution < -0.4 is 32.7 Å². The van der Waals surface area contributed by atoms with Gasteiger partial charge in [0.1, 0.15) is 24.2 Å². The highest BCUT2D eigenvalue weighted by Crippen LogP contribution is 2.17. The summed E-state index contributed by atoms with van der Waals surface area (Å²) in [7, 11) is 0. The average molecular weight is 777 g/mol. The third kappa shape index (κ3) is 24.8. The molecule has 13 N–H and O–H groups in total. The molecule has 0 aromatic rings. The van der Waals surface area contributed by atoms with Crippen molar-refractivity contribution >= 4 is 35.5 Å². The Labute approximate surface area is 318 Å². The minimum atomic E-state index is -2.04. The molecule has 0 aliphatic heterocycles. The molecule has 0 spiro atoms. The lowest BCUT2D eigenvalue weighted by Crippen LogP contribution is -2.57. The number of ether oxygens (including phenoxy) is 1. The molecule has 18 nitrogen and oxygen atoms in total. The fourth-order valence-electron chi connectivity index (χ4n) is 5.61. The lowest BCUT2D eigenvalue weighted by molar-refractivity contribution is -0.156. The largest absolute Gasteiger partial charge is 0.460 e. The van der Waals surface area contributed by atoms with Gasteiger partial charge < -0.3 is 63.0 Å². The van der Waals surface area contributed by atoms with Crippen molar-refractivity contribution in [2.24, 2.45) is 11.5 Å². The van der Waals surface area contributed by atoms with Gasteiger partial charge in [0.2, 0.25) is 29.5 Å². The number of aliphatic hydroxyl groups is 5. The average Bonchev–Trinajstić information content (AvgIpc) is 3.08. The third-order valence-electron chi connectivity index (χ3n) is 8.68. The highest BCUT2D eigenvalue weighted by atomic mass is 16.5. The van der Waals surface area contributed by atoms with E-state index in [0.717, 1.165) is 25.7 Å². The van der Waals surface area contributed by atoms with Crippen LogP contribution in [-0.2, 0) is 33.5 Å². The maximum Gasteiger partial charge on any atom is 0.328 e. The summed E-state index contributed by atoms with van der Waals surface area (Å²) in [6.45, 7) is 4.20. The van der Waals surface area contributed by atoms with E-state index in [4.69, 9.17) is 16.2 Å². The monoisotopic (exact) mass is 776 g/mol. The van der Waals surface area contributed by atoms with Gasteiger partial charge in [-0.25, -0.2) is 4.79 Å². The van der Waals surface area contributed by atoms with E-state index < -0.39 is 104 Å². The van der Waals surface area contributed by atoms with Crippen molar-refractivity contribution in [3.05, 3.63) is 0 Å². The van der Waals surface area contributed by atoms with E-state index in [9.17, 15) is 54.3 Å². The first-order chi connectivity index (χ1) is 25.5. The molecule has 0 aliphatic rings. The number of carbonyl (C=O) groups excluding carboxylic acids is 6. The first-order valence-electron chi connectivity index (χ1n) is 19.3. The number of carbonyl (C=O) groups is 6. The zero-order chi connectivity index (χ0) is 41.1. The molecule has 0 aromatic carbocycles. The highest BCUT2D eigenvalue weighted by molar-refractivity contribution is 5.92. The van der Waals surface area contributed by atoms with E-state index in [1.165, 1.54) is 52.4 Å². The number of nitrogens with two attached hydrogens (primary N) is 2. The Kier molecular flexibility index (Phi) is 28.0. The first-order valence-corrected chi connectivity index (χ1v) is 19.3. The third-order valence-corrected chi connectivity index (χ3v) is 8.68. The Morgan fingerprint density at radius 3 is 1.72 bits per heavy atom. The first kappa shape index (κ1) is 50.6. The van der Waals surface area contributed by atoms with Gasteiger partial charge in [0.15, 0.2) is 6.29 Å². The molecular formula is C36H68N6O12. The number of aliphatic hydroxyl groups excluding tert-OH is 4. The van der Waals surface area contributed by atoms with Crippen LogP contribution >= 0.6 is 0 Å². The summed E-state index contributed by atoms with van der Waals surface area (Å²) in [4.78, 5) is 75.1. The number of rotatable bonds is 32. The lowest BCUT2D eigenvalue weighted by atomic mass is 10.0. The van der Waals surface area contributed by atoms with Crippen LogP contribution in [-0.4, -0.2) is 123 Å². The van der Waals surface area contributed by atoms with Crippen LogP contribution in [0.2, 0.25) is 0 Å². The summed E-state index contributed by atoms with van der Waals surface area (Å²) < 4.78 is 5.73. The Morgan fingerprint density at radius 2 is 1.22 bits per heavy atom. The normalized spacial score (nSPS) is 15.2. The minimum Gasteiger partial charge on any atom is -0.460 e. The van der Waals surface area contributed by atoms with Crippen LogP contribution in [0.3, 0.4) is 0 Å². The molecule has 0 aliphatic carbocycles. The van der Waals surface area contributed by atoms with Gasteiger partial charge in [0.05, 0.1) is 44.1 Å². The zero-order valence-electron chi connectivity index (χ0n) is 32.3. The van der Waals surface area contributed by atoms with Gasteiger partial charge in [-0.1, -0.05) is 71.1 Å². The quantitative estimate of drug-likeness (QED) is 0.0222. The van der Waals surface area contributed by atoms with Gasteiger partial charge in [0.25, 0.3) is 0 Å². The molecule has 0 bridgehead atoms. The van der Waals surface area contributed by atoms with Gasteiger partial charge in [-0.3, -0.25) is 24.0 Å². The van der Waals surface area contributed by atoms with Crippen LogP contribution in [0.25, 0.3) is 0 Å². The van der Waals surface area contributed by atoms with Crippen LogP contribution in [0.5, 0.6) is 0 Å². The molecule has 7 atom stereocenters. The van der Waals surface area contributed by atoms with E-state index in [2.05, 4.69) is 28.2 Å². The number of primary amides is 1. The number of hydrogen-bond donors (Lipinski definition) is 11. The van der Waals surface area contributed by atoms with Gasteiger partial charge in [-0.15, -0.1) is 0 Å². The number of nitrogens with one attached hydrogen (secondary N) is 4. The van der Waals surface area contributed by atoms with Gasteiger partial charge in [0, 0.05) is 0 Å². The summed E-state index contributed by atoms with van der Waals surface area (Å²) in [5.41, 5.74) is 10.6. The van der Waals surface area contributed by atoms with Crippen LogP contribution in [0, 0.1) is 0 Å². The van der Waals surface area contributed by atoms with E-state index in [0.29, 0.717) is 6.42 Å². The van der Waals surface area contributed by atoms with Crippen molar-refractivity contribution in [3.8, 4) is 0 Å². The van der Waals surface area contributed by atoms with Crippen molar-refractivity contribution in [2.45, 2.75) is 179 Å². The number of amides is 5. The number of esters is 1. The second-order valence-corrected chi connectivity index (χ2v) is 13.9. The molecular weight excluding hydrogens is 708 g/mol. The molecule has 0 aromatic heterocycles. The van der Waals surface area contributed by atoms with Crippen LogP contribution in [0.4, 0.5) is 0 Å². The fourth-order valence-corrected chi connectivity index (χ4v) is 5.61. The lowest BCUT2D eigenvalue weighted by Gasteiger charge is -2.27. The standard InChI is InChI=1S/C36H68N6O12/c1-4-5-6-7-8-9-10-11-12-13-14-16-26(21-30(48)41-33(24(3)44)35(51)52)54-36(53)27(17-15-18-37)40-34(50)32(23(2)43)42-31(49)22-39-29(47)20-25(45)19-28(38)46/h23-27,32-33,35,43-45,51-52H,4-22,37H2,1-3H3,(H2,38,46)(H,39,47)(H,40,50)(H,41,48)(H,42,49). The maximum atomic E-state index is 13.5. The van der Waals surface area contributed by atoms with Crippen molar-refractivity contribution in [2.75, 3.05) is 13.1 Å². The van der Waals surface area contributed by atoms with Gasteiger partial charge in [-0.2, -0.15) is 0 Å². The molecule has 7 unspecified atom stereocenters. The molecule has 0 saturated carbocycles. The van der Waals surface area contributed by atoms with Gasteiger partial charge in [-0.05, 0) is 46.1 Å². The maximum absolute atomic E-state index is 13.5.